The third kappa shape index (κ3) is 4.09. The van der Waals surface area contributed by atoms with Crippen molar-refractivity contribution in [3.63, 3.8) is 0 Å². The highest BCUT2D eigenvalue weighted by atomic mass is 16.2. The van der Waals surface area contributed by atoms with Crippen LogP contribution in [0.25, 0.3) is 0 Å². The molecule has 1 saturated carbocycles. The van der Waals surface area contributed by atoms with Crippen molar-refractivity contribution in [2.45, 2.75) is 31.7 Å². The molecule has 1 saturated heterocycles. The summed E-state index contributed by atoms with van der Waals surface area (Å²) in [5.41, 5.74) is 0.906. The zero-order chi connectivity index (χ0) is 14.5. The van der Waals surface area contributed by atoms with Gasteiger partial charge in [0.25, 0.3) is 5.91 Å². The number of piperidine rings is 1. The van der Waals surface area contributed by atoms with E-state index in [9.17, 15) is 4.79 Å². The van der Waals surface area contributed by atoms with Crippen molar-refractivity contribution in [3.05, 3.63) is 35.9 Å². The second kappa shape index (κ2) is 6.78. The van der Waals surface area contributed by atoms with Crippen LogP contribution in [0.4, 0.5) is 0 Å². The van der Waals surface area contributed by atoms with Gasteiger partial charge in [0, 0.05) is 24.1 Å². The van der Waals surface area contributed by atoms with Gasteiger partial charge in [0.05, 0.1) is 0 Å². The van der Waals surface area contributed by atoms with Gasteiger partial charge >= 0.3 is 0 Å². The lowest BCUT2D eigenvalue weighted by molar-refractivity contribution is -0.126. The molecule has 0 radical (unpaired) electrons. The number of carbonyl (C=O) groups is 1. The molecule has 110 valence electrons. The Balaban J connectivity index is 1.63. The maximum absolute atomic E-state index is 12.4. The molecular formula is C18H22N2O. The number of benzene rings is 1. The number of amides is 1. The summed E-state index contributed by atoms with van der Waals surface area (Å²) >= 11 is 0. The van der Waals surface area contributed by atoms with Crippen LogP contribution in [0.3, 0.4) is 0 Å². The van der Waals surface area contributed by atoms with Crippen LogP contribution in [0.5, 0.6) is 0 Å². The van der Waals surface area contributed by atoms with Crippen LogP contribution >= 0.6 is 0 Å². The molecule has 0 unspecified atom stereocenters. The van der Waals surface area contributed by atoms with Crippen LogP contribution in [0, 0.1) is 17.8 Å². The average molecular weight is 282 g/mol. The molecule has 1 amide bonds. The first kappa shape index (κ1) is 14.2. The zero-order valence-electron chi connectivity index (χ0n) is 12.3. The van der Waals surface area contributed by atoms with Gasteiger partial charge in [-0.25, -0.2) is 0 Å². The number of nitrogens with zero attached hydrogens (tertiary/aromatic N) is 1. The Labute approximate surface area is 126 Å². The van der Waals surface area contributed by atoms with Crippen LogP contribution in [0.2, 0.25) is 0 Å². The van der Waals surface area contributed by atoms with E-state index in [0.717, 1.165) is 38.0 Å². The van der Waals surface area contributed by atoms with Crippen molar-refractivity contribution in [2.75, 3.05) is 19.6 Å². The van der Waals surface area contributed by atoms with Crippen molar-refractivity contribution < 1.29 is 4.79 Å². The molecule has 1 N–H and O–H groups in total. The van der Waals surface area contributed by atoms with Gasteiger partial charge in [0.2, 0.25) is 0 Å². The molecule has 3 heteroatoms. The van der Waals surface area contributed by atoms with Gasteiger partial charge in [-0.3, -0.25) is 4.79 Å². The van der Waals surface area contributed by atoms with Crippen LogP contribution in [-0.4, -0.2) is 36.5 Å². The van der Waals surface area contributed by atoms with Crippen LogP contribution < -0.4 is 5.32 Å². The highest BCUT2D eigenvalue weighted by molar-refractivity contribution is 5.94. The third-order valence-electron chi connectivity index (χ3n) is 4.25. The summed E-state index contributed by atoms with van der Waals surface area (Å²) in [5, 5.41) is 3.38. The van der Waals surface area contributed by atoms with E-state index in [2.05, 4.69) is 17.2 Å². The van der Waals surface area contributed by atoms with Crippen molar-refractivity contribution in [1.29, 1.82) is 0 Å². The highest BCUT2D eigenvalue weighted by Crippen LogP contribution is 2.28. The molecule has 0 aromatic heterocycles. The quantitative estimate of drug-likeness (QED) is 0.860. The Kier molecular flexibility index (Phi) is 4.57. The maximum atomic E-state index is 12.4. The topological polar surface area (TPSA) is 32.3 Å². The monoisotopic (exact) mass is 282 g/mol. The van der Waals surface area contributed by atoms with E-state index in [1.807, 2.05) is 35.2 Å². The molecule has 0 spiro atoms. The largest absolute Gasteiger partial charge is 0.329 e. The predicted octanol–water partition coefficient (Wildman–Crippen LogP) is 2.03. The van der Waals surface area contributed by atoms with Gasteiger partial charge < -0.3 is 10.2 Å². The lowest BCUT2D eigenvalue weighted by Gasteiger charge is -2.29. The molecule has 0 bridgehead atoms. The van der Waals surface area contributed by atoms with E-state index in [1.165, 1.54) is 12.8 Å². The Morgan fingerprint density at radius 2 is 1.86 bits per heavy atom. The highest BCUT2D eigenvalue weighted by Gasteiger charge is 2.33. The minimum absolute atomic E-state index is 0.000106. The standard InChI is InChI=1S/C18H22N2O/c21-18(9-6-15-4-2-1-3-5-15)20(17-7-8-17)14-16-10-12-19-13-11-16/h1-5,16-17,19H,7-8,10-14H2. The Morgan fingerprint density at radius 1 is 1.14 bits per heavy atom. The Morgan fingerprint density at radius 3 is 2.52 bits per heavy atom. The average Bonchev–Trinajstić information content (AvgIpc) is 3.37. The Bertz CT molecular complexity index is 533. The second-order valence-corrected chi connectivity index (χ2v) is 6.00. The minimum atomic E-state index is -0.000106. The van der Waals surface area contributed by atoms with E-state index in [1.54, 1.807) is 0 Å². The summed E-state index contributed by atoms with van der Waals surface area (Å²) in [6.07, 6.45) is 4.62. The van der Waals surface area contributed by atoms with Crippen molar-refractivity contribution in [3.8, 4) is 11.8 Å². The van der Waals surface area contributed by atoms with Gasteiger partial charge in [-0.05, 0) is 56.8 Å². The van der Waals surface area contributed by atoms with E-state index in [-0.39, 0.29) is 5.91 Å². The molecule has 3 nitrogen and oxygen atoms in total. The number of nitrogens with one attached hydrogen (secondary N) is 1. The molecule has 2 fully saturated rings. The molecule has 0 atom stereocenters. The summed E-state index contributed by atoms with van der Waals surface area (Å²) in [6.45, 7) is 3.04. The number of carbonyl (C=O) groups excluding carboxylic acids is 1. The smallest absolute Gasteiger partial charge is 0.299 e. The van der Waals surface area contributed by atoms with E-state index in [4.69, 9.17) is 0 Å². The molecule has 1 aromatic rings. The van der Waals surface area contributed by atoms with E-state index < -0.39 is 0 Å². The summed E-state index contributed by atoms with van der Waals surface area (Å²) in [7, 11) is 0. The van der Waals surface area contributed by atoms with Gasteiger partial charge in [0.1, 0.15) is 0 Å². The van der Waals surface area contributed by atoms with Crippen molar-refractivity contribution in [1.82, 2.24) is 10.2 Å². The first-order valence-corrected chi connectivity index (χ1v) is 7.91. The SMILES string of the molecule is O=C(C#Cc1ccccc1)N(CC1CCNCC1)C1CC1. The molecular weight excluding hydrogens is 260 g/mol. The fraction of sp³-hybridized carbons (Fsp3) is 0.500. The zero-order valence-corrected chi connectivity index (χ0v) is 12.3. The third-order valence-corrected chi connectivity index (χ3v) is 4.25. The Hall–Kier alpha value is -1.79. The summed E-state index contributed by atoms with van der Waals surface area (Å²) < 4.78 is 0. The van der Waals surface area contributed by atoms with Crippen LogP contribution in [0.1, 0.15) is 31.2 Å². The first-order chi connectivity index (χ1) is 10.3. The maximum Gasteiger partial charge on any atom is 0.299 e. The van der Waals surface area contributed by atoms with Gasteiger partial charge in [-0.2, -0.15) is 0 Å². The normalized spacial score (nSPS) is 18.7. The first-order valence-electron chi connectivity index (χ1n) is 7.91. The lowest BCUT2D eigenvalue weighted by atomic mass is 9.97. The molecule has 21 heavy (non-hydrogen) atoms. The molecule has 2 aliphatic rings. The van der Waals surface area contributed by atoms with Crippen molar-refractivity contribution >= 4 is 5.91 Å². The lowest BCUT2D eigenvalue weighted by Crippen LogP contribution is -2.40. The van der Waals surface area contributed by atoms with Gasteiger partial charge in [-0.1, -0.05) is 24.1 Å². The number of rotatable bonds is 3. The predicted molar refractivity (Wildman–Crippen MR) is 83.6 cm³/mol. The molecule has 1 heterocycles. The summed E-state index contributed by atoms with van der Waals surface area (Å²) in [6, 6.07) is 10.2. The fourth-order valence-corrected chi connectivity index (χ4v) is 2.85. The van der Waals surface area contributed by atoms with Crippen LogP contribution in [0.15, 0.2) is 30.3 Å². The summed E-state index contributed by atoms with van der Waals surface area (Å²) in [5.74, 6) is 6.46. The second-order valence-electron chi connectivity index (χ2n) is 6.00. The molecule has 3 rings (SSSR count). The molecule has 1 aliphatic heterocycles. The fourth-order valence-electron chi connectivity index (χ4n) is 2.85. The van der Waals surface area contributed by atoms with Crippen LogP contribution in [-0.2, 0) is 4.79 Å². The molecule has 1 aromatic carbocycles. The number of hydrogen-bond acceptors (Lipinski definition) is 2. The van der Waals surface area contributed by atoms with E-state index >= 15 is 0 Å². The van der Waals surface area contributed by atoms with Gasteiger partial charge in [0.15, 0.2) is 0 Å². The summed E-state index contributed by atoms with van der Waals surface area (Å²) in [4.78, 5) is 14.4. The van der Waals surface area contributed by atoms with E-state index in [0.29, 0.717) is 12.0 Å². The number of hydrogen-bond donors (Lipinski definition) is 1. The minimum Gasteiger partial charge on any atom is -0.329 e. The molecule has 1 aliphatic carbocycles. The van der Waals surface area contributed by atoms with Crippen molar-refractivity contribution in [2.24, 2.45) is 5.92 Å². The van der Waals surface area contributed by atoms with Gasteiger partial charge in [-0.15, -0.1) is 0 Å².